The zero-order valence-electron chi connectivity index (χ0n) is 12.4. The van der Waals surface area contributed by atoms with Crippen LogP contribution in [-0.4, -0.2) is 24.3 Å². The molecule has 0 N–H and O–H groups in total. The summed E-state index contributed by atoms with van der Waals surface area (Å²) >= 11 is 5.91. The van der Waals surface area contributed by atoms with E-state index in [1.165, 1.54) is 24.8 Å². The van der Waals surface area contributed by atoms with Gasteiger partial charge in [-0.05, 0) is 44.5 Å². The minimum atomic E-state index is 0.236. The van der Waals surface area contributed by atoms with Crippen molar-refractivity contribution in [3.05, 3.63) is 34.9 Å². The molecular formula is C17H24ClNO. The molecule has 0 aromatic heterocycles. The molecule has 3 heteroatoms. The van der Waals surface area contributed by atoms with Gasteiger partial charge in [-0.2, -0.15) is 0 Å². The molecule has 2 rings (SSSR count). The van der Waals surface area contributed by atoms with Crippen LogP contribution in [0.5, 0.6) is 0 Å². The van der Waals surface area contributed by atoms with Crippen molar-refractivity contribution in [1.82, 2.24) is 4.90 Å². The number of benzene rings is 1. The second-order valence-corrected chi connectivity index (χ2v) is 6.38. The van der Waals surface area contributed by atoms with Crippen molar-refractivity contribution < 1.29 is 4.79 Å². The highest BCUT2D eigenvalue weighted by Crippen LogP contribution is 2.26. The average molecular weight is 294 g/mol. The van der Waals surface area contributed by atoms with Gasteiger partial charge in [0.1, 0.15) is 5.78 Å². The number of carbonyl (C=O) groups is 1. The first-order valence-electron chi connectivity index (χ1n) is 7.56. The molecule has 1 fully saturated rings. The molecular weight excluding hydrogens is 270 g/mol. The number of hydrogen-bond donors (Lipinski definition) is 0. The van der Waals surface area contributed by atoms with Crippen LogP contribution in [-0.2, 0) is 4.79 Å². The number of nitrogens with zero attached hydrogens (tertiary/aromatic N) is 1. The van der Waals surface area contributed by atoms with E-state index in [0.717, 1.165) is 17.9 Å². The van der Waals surface area contributed by atoms with Crippen molar-refractivity contribution in [3.8, 4) is 0 Å². The predicted molar refractivity (Wildman–Crippen MR) is 84.1 cm³/mol. The Morgan fingerprint density at radius 2 is 1.85 bits per heavy atom. The lowest BCUT2D eigenvalue weighted by atomic mass is 9.86. The summed E-state index contributed by atoms with van der Waals surface area (Å²) in [5.41, 5.74) is 1.20. The average Bonchev–Trinajstić information content (AvgIpc) is 2.48. The summed E-state index contributed by atoms with van der Waals surface area (Å²) in [5, 5.41) is 0.752. The van der Waals surface area contributed by atoms with E-state index in [9.17, 15) is 4.79 Å². The lowest BCUT2D eigenvalue weighted by molar-refractivity contribution is -0.125. The van der Waals surface area contributed by atoms with E-state index in [1.54, 1.807) is 0 Å². The smallest absolute Gasteiger partial charge is 0.149 e. The summed E-state index contributed by atoms with van der Waals surface area (Å²) in [6, 6.07) is 8.12. The highest BCUT2D eigenvalue weighted by atomic mass is 35.5. The molecule has 1 aromatic carbocycles. The van der Waals surface area contributed by atoms with E-state index >= 15 is 0 Å². The Hall–Kier alpha value is -0.860. The van der Waals surface area contributed by atoms with E-state index in [2.05, 4.69) is 11.8 Å². The Balaban J connectivity index is 1.91. The van der Waals surface area contributed by atoms with Gasteiger partial charge in [-0.15, -0.1) is 0 Å². The second-order valence-electron chi connectivity index (χ2n) is 5.94. The fourth-order valence-electron chi connectivity index (χ4n) is 2.93. The van der Waals surface area contributed by atoms with Gasteiger partial charge in [0.25, 0.3) is 0 Å². The highest BCUT2D eigenvalue weighted by molar-refractivity contribution is 6.30. The molecule has 1 aromatic rings. The molecule has 110 valence electrons. The summed E-state index contributed by atoms with van der Waals surface area (Å²) in [6.07, 6.45) is 5.89. The fraction of sp³-hybridized carbons (Fsp3) is 0.588. The maximum Gasteiger partial charge on any atom is 0.149 e. The molecule has 0 bridgehead atoms. The molecule has 0 amide bonds. The first-order valence-corrected chi connectivity index (χ1v) is 7.94. The van der Waals surface area contributed by atoms with Crippen molar-refractivity contribution in [2.45, 2.75) is 45.1 Å². The summed E-state index contributed by atoms with van der Waals surface area (Å²) in [5.74, 6) is 0.705. The van der Waals surface area contributed by atoms with Crippen molar-refractivity contribution in [2.75, 3.05) is 13.6 Å². The molecule has 20 heavy (non-hydrogen) atoms. The van der Waals surface area contributed by atoms with Crippen LogP contribution in [0.15, 0.2) is 24.3 Å². The van der Waals surface area contributed by atoms with Gasteiger partial charge in [0.05, 0.1) is 6.54 Å². The van der Waals surface area contributed by atoms with Gasteiger partial charge in [0, 0.05) is 17.0 Å². The van der Waals surface area contributed by atoms with Crippen molar-refractivity contribution in [3.63, 3.8) is 0 Å². The maximum atomic E-state index is 12.3. The van der Waals surface area contributed by atoms with Crippen molar-refractivity contribution >= 4 is 17.4 Å². The third-order valence-electron chi connectivity index (χ3n) is 4.48. The summed E-state index contributed by atoms with van der Waals surface area (Å²) in [4.78, 5) is 14.5. The quantitative estimate of drug-likeness (QED) is 0.797. The van der Waals surface area contributed by atoms with E-state index in [4.69, 9.17) is 11.6 Å². The van der Waals surface area contributed by atoms with Crippen LogP contribution in [0.4, 0.5) is 0 Å². The molecule has 1 unspecified atom stereocenters. The number of hydrogen-bond acceptors (Lipinski definition) is 2. The maximum absolute atomic E-state index is 12.3. The van der Waals surface area contributed by atoms with Crippen LogP contribution < -0.4 is 0 Å². The Morgan fingerprint density at radius 3 is 2.45 bits per heavy atom. The molecule has 1 atom stereocenters. The SMILES string of the molecule is CC(c1ccc(Cl)cc1)N(C)CC(=O)C1CCCCC1. The predicted octanol–water partition coefficient (Wildman–Crippen LogP) is 4.48. The van der Waals surface area contributed by atoms with Crippen LogP contribution >= 0.6 is 11.6 Å². The van der Waals surface area contributed by atoms with Gasteiger partial charge in [0.2, 0.25) is 0 Å². The Morgan fingerprint density at radius 1 is 1.25 bits per heavy atom. The minimum Gasteiger partial charge on any atom is -0.298 e. The fourth-order valence-corrected chi connectivity index (χ4v) is 3.06. The highest BCUT2D eigenvalue weighted by Gasteiger charge is 2.23. The normalized spacial score (nSPS) is 18.2. The van der Waals surface area contributed by atoms with E-state index in [0.29, 0.717) is 18.2 Å². The largest absolute Gasteiger partial charge is 0.298 e. The molecule has 2 nitrogen and oxygen atoms in total. The number of rotatable bonds is 5. The summed E-state index contributed by atoms with van der Waals surface area (Å²) < 4.78 is 0. The topological polar surface area (TPSA) is 20.3 Å². The Labute approximate surface area is 127 Å². The number of halogens is 1. The molecule has 1 aliphatic carbocycles. The van der Waals surface area contributed by atoms with Crippen molar-refractivity contribution in [2.24, 2.45) is 5.92 Å². The molecule has 0 saturated heterocycles. The molecule has 0 spiro atoms. The summed E-state index contributed by atoms with van der Waals surface area (Å²) in [7, 11) is 2.03. The van der Waals surface area contributed by atoms with Crippen LogP contribution in [0.25, 0.3) is 0 Å². The minimum absolute atomic E-state index is 0.236. The first kappa shape index (κ1) is 15.5. The van der Waals surface area contributed by atoms with Crippen LogP contribution in [0.3, 0.4) is 0 Å². The number of ketones is 1. The monoisotopic (exact) mass is 293 g/mol. The van der Waals surface area contributed by atoms with Gasteiger partial charge in [-0.3, -0.25) is 9.69 Å². The third kappa shape index (κ3) is 4.07. The zero-order chi connectivity index (χ0) is 14.5. The molecule has 0 aliphatic heterocycles. The molecule has 0 radical (unpaired) electrons. The van der Waals surface area contributed by atoms with Crippen LogP contribution in [0, 0.1) is 5.92 Å². The van der Waals surface area contributed by atoms with E-state index in [-0.39, 0.29) is 6.04 Å². The van der Waals surface area contributed by atoms with Crippen molar-refractivity contribution in [1.29, 1.82) is 0 Å². The van der Waals surface area contributed by atoms with Crippen LogP contribution in [0.2, 0.25) is 5.02 Å². The second kappa shape index (κ2) is 7.24. The lowest BCUT2D eigenvalue weighted by Gasteiger charge is -2.27. The van der Waals surface area contributed by atoms with Gasteiger partial charge in [-0.25, -0.2) is 0 Å². The Bertz CT molecular complexity index is 437. The standard InChI is InChI=1S/C17H24ClNO/c1-13(14-8-10-16(18)11-9-14)19(2)12-17(20)15-6-4-3-5-7-15/h8-11,13,15H,3-7,12H2,1-2H3. The lowest BCUT2D eigenvalue weighted by Crippen LogP contribution is -2.33. The number of carbonyl (C=O) groups excluding carboxylic acids is 1. The first-order chi connectivity index (χ1) is 9.58. The van der Waals surface area contributed by atoms with Gasteiger partial charge >= 0.3 is 0 Å². The molecule has 1 aliphatic rings. The molecule has 0 heterocycles. The number of Topliss-reactive ketones (excluding diaryl/α,β-unsaturated/α-hetero) is 1. The molecule has 1 saturated carbocycles. The van der Waals surface area contributed by atoms with Gasteiger partial charge in [0.15, 0.2) is 0 Å². The summed E-state index contributed by atoms with van der Waals surface area (Å²) in [6.45, 7) is 2.69. The Kier molecular flexibility index (Phi) is 5.62. The van der Waals surface area contributed by atoms with Gasteiger partial charge in [-0.1, -0.05) is 43.0 Å². The van der Waals surface area contributed by atoms with Gasteiger partial charge < -0.3 is 0 Å². The van der Waals surface area contributed by atoms with E-state index in [1.807, 2.05) is 31.3 Å². The van der Waals surface area contributed by atoms with Crippen LogP contribution in [0.1, 0.15) is 50.6 Å². The van der Waals surface area contributed by atoms with E-state index < -0.39 is 0 Å². The number of likely N-dealkylation sites (N-methyl/N-ethyl adjacent to an activating group) is 1. The third-order valence-corrected chi connectivity index (χ3v) is 4.73. The zero-order valence-corrected chi connectivity index (χ0v) is 13.2.